The Morgan fingerprint density at radius 3 is 2.64 bits per heavy atom. The number of hydrogen-bond acceptors (Lipinski definition) is 5. The molecule has 0 spiro atoms. The molecule has 7 nitrogen and oxygen atoms in total. The SMILES string of the molecule is O=C(NO)[C@H]1CCCS(=O)(=O)N1Cc1ccc(-c2cccnc2)cc1. The second-order valence-corrected chi connectivity index (χ2v) is 7.98. The maximum Gasteiger partial charge on any atom is 0.261 e. The van der Waals surface area contributed by atoms with Gasteiger partial charge in [0, 0.05) is 18.9 Å². The molecule has 1 atom stereocenters. The van der Waals surface area contributed by atoms with E-state index in [1.54, 1.807) is 17.9 Å². The number of hydroxylamine groups is 1. The molecule has 1 saturated heterocycles. The molecule has 0 saturated carbocycles. The summed E-state index contributed by atoms with van der Waals surface area (Å²) in [6, 6.07) is 10.4. The molecule has 0 radical (unpaired) electrons. The van der Waals surface area contributed by atoms with Crippen LogP contribution in [0.2, 0.25) is 0 Å². The number of carbonyl (C=O) groups excluding carboxylic acids is 1. The number of benzene rings is 1. The molecular formula is C17H19N3O4S. The van der Waals surface area contributed by atoms with Gasteiger partial charge in [0.25, 0.3) is 5.91 Å². The van der Waals surface area contributed by atoms with Gasteiger partial charge in [-0.15, -0.1) is 0 Å². The molecule has 1 aromatic carbocycles. The van der Waals surface area contributed by atoms with E-state index in [1.165, 1.54) is 4.31 Å². The van der Waals surface area contributed by atoms with Gasteiger partial charge in [-0.05, 0) is 35.6 Å². The monoisotopic (exact) mass is 361 g/mol. The minimum Gasteiger partial charge on any atom is -0.289 e. The van der Waals surface area contributed by atoms with E-state index in [4.69, 9.17) is 5.21 Å². The number of pyridine rings is 1. The van der Waals surface area contributed by atoms with E-state index in [2.05, 4.69) is 4.98 Å². The number of rotatable bonds is 4. The predicted octanol–water partition coefficient (Wildman–Crippen LogP) is 1.55. The number of aromatic nitrogens is 1. The van der Waals surface area contributed by atoms with Crippen molar-refractivity contribution in [2.75, 3.05) is 5.75 Å². The molecule has 2 aromatic rings. The third-order valence-electron chi connectivity index (χ3n) is 4.28. The fourth-order valence-electron chi connectivity index (χ4n) is 2.98. The van der Waals surface area contributed by atoms with Crippen LogP contribution in [0.3, 0.4) is 0 Å². The van der Waals surface area contributed by atoms with Crippen LogP contribution in [0.1, 0.15) is 18.4 Å². The molecule has 0 aliphatic carbocycles. The predicted molar refractivity (Wildman–Crippen MR) is 92.0 cm³/mol. The minimum atomic E-state index is -3.54. The van der Waals surface area contributed by atoms with Crippen molar-refractivity contribution in [1.29, 1.82) is 0 Å². The third-order valence-corrected chi connectivity index (χ3v) is 6.19. The van der Waals surface area contributed by atoms with Crippen LogP contribution in [0.15, 0.2) is 48.8 Å². The lowest BCUT2D eigenvalue weighted by molar-refractivity contribution is -0.133. The molecule has 2 heterocycles. The Balaban J connectivity index is 1.83. The summed E-state index contributed by atoms with van der Waals surface area (Å²) in [5, 5.41) is 8.88. The first-order chi connectivity index (χ1) is 12.0. The number of nitrogens with one attached hydrogen (secondary N) is 1. The maximum atomic E-state index is 12.4. The average Bonchev–Trinajstić information content (AvgIpc) is 2.64. The Morgan fingerprint density at radius 1 is 1.24 bits per heavy atom. The summed E-state index contributed by atoms with van der Waals surface area (Å²) in [7, 11) is -3.54. The van der Waals surface area contributed by atoms with Gasteiger partial charge in [-0.25, -0.2) is 13.9 Å². The van der Waals surface area contributed by atoms with Crippen molar-refractivity contribution in [1.82, 2.24) is 14.8 Å². The van der Waals surface area contributed by atoms with Crippen LogP contribution in [0.4, 0.5) is 0 Å². The molecule has 1 aliphatic rings. The summed E-state index contributed by atoms with van der Waals surface area (Å²) >= 11 is 0. The lowest BCUT2D eigenvalue weighted by Gasteiger charge is -2.33. The Labute approximate surface area is 146 Å². The van der Waals surface area contributed by atoms with Gasteiger partial charge in [0.1, 0.15) is 6.04 Å². The van der Waals surface area contributed by atoms with Crippen molar-refractivity contribution in [3.8, 4) is 11.1 Å². The Hall–Kier alpha value is -2.29. The highest BCUT2D eigenvalue weighted by molar-refractivity contribution is 7.89. The highest BCUT2D eigenvalue weighted by atomic mass is 32.2. The van der Waals surface area contributed by atoms with Crippen molar-refractivity contribution in [2.45, 2.75) is 25.4 Å². The van der Waals surface area contributed by atoms with Crippen molar-refractivity contribution >= 4 is 15.9 Å². The first kappa shape index (κ1) is 17.5. The standard InChI is InChI=1S/C17H19N3O4S/c21-17(19-22)16-4-2-10-25(23,24)20(16)12-13-5-7-14(8-6-13)15-3-1-9-18-11-15/h1,3,5-9,11,16,22H,2,4,10,12H2,(H,19,21)/t16-/m1/s1. The van der Waals surface area contributed by atoms with Gasteiger partial charge in [0.05, 0.1) is 5.75 Å². The summed E-state index contributed by atoms with van der Waals surface area (Å²) in [4.78, 5) is 15.9. The Kier molecular flexibility index (Phi) is 5.12. The first-order valence-corrected chi connectivity index (χ1v) is 9.55. The number of carbonyl (C=O) groups is 1. The highest BCUT2D eigenvalue weighted by Gasteiger charge is 2.38. The summed E-state index contributed by atoms with van der Waals surface area (Å²) in [6.07, 6.45) is 4.24. The van der Waals surface area contributed by atoms with Crippen molar-refractivity contribution in [3.05, 3.63) is 54.4 Å². The quantitative estimate of drug-likeness (QED) is 0.636. The van der Waals surface area contributed by atoms with E-state index >= 15 is 0 Å². The molecule has 0 unspecified atom stereocenters. The van der Waals surface area contributed by atoms with E-state index in [1.807, 2.05) is 36.4 Å². The maximum absolute atomic E-state index is 12.4. The van der Waals surface area contributed by atoms with Gasteiger partial charge in [0.15, 0.2) is 0 Å². The van der Waals surface area contributed by atoms with Crippen molar-refractivity contribution in [2.24, 2.45) is 0 Å². The van der Waals surface area contributed by atoms with E-state index in [-0.39, 0.29) is 12.3 Å². The number of nitrogens with zero attached hydrogens (tertiary/aromatic N) is 2. The highest BCUT2D eigenvalue weighted by Crippen LogP contribution is 2.25. The van der Waals surface area contributed by atoms with Crippen molar-refractivity contribution < 1.29 is 18.4 Å². The zero-order chi connectivity index (χ0) is 17.9. The molecular weight excluding hydrogens is 342 g/mol. The molecule has 3 rings (SSSR count). The van der Waals surface area contributed by atoms with E-state index in [0.29, 0.717) is 12.8 Å². The fourth-order valence-corrected chi connectivity index (χ4v) is 4.68. The molecule has 1 aliphatic heterocycles. The molecule has 1 amide bonds. The number of hydrogen-bond donors (Lipinski definition) is 2. The molecule has 25 heavy (non-hydrogen) atoms. The van der Waals surface area contributed by atoms with Gasteiger partial charge in [-0.1, -0.05) is 30.3 Å². The van der Waals surface area contributed by atoms with Crippen LogP contribution in [0.25, 0.3) is 11.1 Å². The van der Waals surface area contributed by atoms with Crippen LogP contribution >= 0.6 is 0 Å². The fraction of sp³-hybridized carbons (Fsp3) is 0.294. The van der Waals surface area contributed by atoms with Crippen LogP contribution in [0, 0.1) is 0 Å². The summed E-state index contributed by atoms with van der Waals surface area (Å²) in [5.74, 6) is -0.689. The molecule has 2 N–H and O–H groups in total. The smallest absolute Gasteiger partial charge is 0.261 e. The molecule has 1 fully saturated rings. The summed E-state index contributed by atoms with van der Waals surface area (Å²) < 4.78 is 25.9. The summed E-state index contributed by atoms with van der Waals surface area (Å²) in [5.41, 5.74) is 4.28. The number of amides is 1. The largest absolute Gasteiger partial charge is 0.289 e. The topological polar surface area (TPSA) is 99.6 Å². The first-order valence-electron chi connectivity index (χ1n) is 7.94. The Bertz CT molecular complexity index is 838. The molecule has 1 aromatic heterocycles. The average molecular weight is 361 g/mol. The molecule has 8 heteroatoms. The van der Waals surface area contributed by atoms with Crippen LogP contribution in [-0.4, -0.2) is 40.6 Å². The van der Waals surface area contributed by atoms with Gasteiger partial charge in [0.2, 0.25) is 10.0 Å². The lowest BCUT2D eigenvalue weighted by Crippen LogP contribution is -2.51. The zero-order valence-electron chi connectivity index (χ0n) is 13.5. The van der Waals surface area contributed by atoms with Gasteiger partial charge in [-0.3, -0.25) is 15.0 Å². The van der Waals surface area contributed by atoms with Gasteiger partial charge < -0.3 is 0 Å². The lowest BCUT2D eigenvalue weighted by atomic mass is 10.1. The second kappa shape index (κ2) is 7.30. The van der Waals surface area contributed by atoms with Gasteiger partial charge in [-0.2, -0.15) is 4.31 Å². The molecule has 132 valence electrons. The van der Waals surface area contributed by atoms with E-state index in [0.717, 1.165) is 16.7 Å². The minimum absolute atomic E-state index is 0.00990. The third kappa shape index (κ3) is 3.87. The van der Waals surface area contributed by atoms with Crippen LogP contribution in [-0.2, 0) is 21.4 Å². The van der Waals surface area contributed by atoms with E-state index in [9.17, 15) is 13.2 Å². The second-order valence-electron chi connectivity index (χ2n) is 5.93. The van der Waals surface area contributed by atoms with Crippen LogP contribution in [0.5, 0.6) is 0 Å². The van der Waals surface area contributed by atoms with Gasteiger partial charge >= 0.3 is 0 Å². The zero-order valence-corrected chi connectivity index (χ0v) is 14.3. The Morgan fingerprint density at radius 2 is 2.00 bits per heavy atom. The number of sulfonamides is 1. The normalized spacial score (nSPS) is 20.1. The molecule has 0 bridgehead atoms. The van der Waals surface area contributed by atoms with E-state index < -0.39 is 22.0 Å². The summed E-state index contributed by atoms with van der Waals surface area (Å²) in [6.45, 7) is 0.0910. The van der Waals surface area contributed by atoms with Crippen molar-refractivity contribution in [3.63, 3.8) is 0 Å². The van der Waals surface area contributed by atoms with Crippen LogP contribution < -0.4 is 5.48 Å².